The van der Waals surface area contributed by atoms with Crippen LogP contribution in [0.2, 0.25) is 0 Å². The summed E-state index contributed by atoms with van der Waals surface area (Å²) >= 11 is 0. The third-order valence-corrected chi connectivity index (χ3v) is 3.80. The quantitative estimate of drug-likeness (QED) is 0.768. The van der Waals surface area contributed by atoms with Crippen molar-refractivity contribution in [2.45, 2.75) is 26.3 Å². The molecule has 0 spiro atoms. The van der Waals surface area contributed by atoms with Gasteiger partial charge in [0.2, 0.25) is 11.8 Å². The van der Waals surface area contributed by atoms with Crippen molar-refractivity contribution in [2.75, 3.05) is 19.6 Å². The third kappa shape index (κ3) is 4.29. The second-order valence-corrected chi connectivity index (χ2v) is 5.66. The van der Waals surface area contributed by atoms with Crippen molar-refractivity contribution in [3.8, 4) is 0 Å². The van der Waals surface area contributed by atoms with E-state index < -0.39 is 0 Å². The van der Waals surface area contributed by atoms with Crippen molar-refractivity contribution in [3.05, 3.63) is 17.5 Å². The molecule has 2 amide bonds. The molecule has 1 aliphatic heterocycles. The molecule has 1 aromatic rings. The number of aryl methyl sites for hydroxylation is 2. The minimum atomic E-state index is -0.346. The third-order valence-electron chi connectivity index (χ3n) is 3.80. The van der Waals surface area contributed by atoms with Crippen LogP contribution < -0.4 is 11.1 Å². The molecule has 3 N–H and O–H groups in total. The number of hydrogen-bond donors (Lipinski definition) is 2. The fourth-order valence-electron chi connectivity index (χ4n) is 2.79. The largest absolute Gasteiger partial charge is 0.369 e. The number of nitrogens with two attached hydrogens (primary N) is 1. The van der Waals surface area contributed by atoms with Crippen molar-refractivity contribution in [3.63, 3.8) is 0 Å². The average Bonchev–Trinajstić information content (AvgIpc) is 2.74. The Morgan fingerprint density at radius 1 is 1.52 bits per heavy atom. The number of nitrogens with zero attached hydrogens (tertiary/aromatic N) is 3. The van der Waals surface area contributed by atoms with Crippen LogP contribution in [0.4, 0.5) is 0 Å². The smallest absolute Gasteiger partial charge is 0.231 e. The van der Waals surface area contributed by atoms with Crippen LogP contribution in [0.1, 0.15) is 24.2 Å². The predicted octanol–water partition coefficient (Wildman–Crippen LogP) is -0.458. The van der Waals surface area contributed by atoms with Crippen molar-refractivity contribution in [1.82, 2.24) is 20.0 Å². The number of aromatic nitrogens is 2. The monoisotopic (exact) mass is 293 g/mol. The second-order valence-electron chi connectivity index (χ2n) is 5.66. The molecular formula is C14H23N5O2. The van der Waals surface area contributed by atoms with Crippen molar-refractivity contribution in [1.29, 1.82) is 0 Å². The molecular weight excluding hydrogens is 270 g/mol. The highest BCUT2D eigenvalue weighted by Gasteiger charge is 2.26. The van der Waals surface area contributed by atoms with Crippen LogP contribution in [-0.4, -0.2) is 46.1 Å². The Morgan fingerprint density at radius 2 is 2.29 bits per heavy atom. The summed E-state index contributed by atoms with van der Waals surface area (Å²) in [4.78, 5) is 25.2. The Labute approximate surface area is 124 Å². The van der Waals surface area contributed by atoms with Gasteiger partial charge in [-0.2, -0.15) is 5.10 Å². The van der Waals surface area contributed by atoms with Crippen LogP contribution >= 0.6 is 0 Å². The van der Waals surface area contributed by atoms with E-state index >= 15 is 0 Å². The molecule has 1 unspecified atom stereocenters. The van der Waals surface area contributed by atoms with Gasteiger partial charge in [0, 0.05) is 13.6 Å². The van der Waals surface area contributed by atoms with Crippen LogP contribution in [0.25, 0.3) is 0 Å². The molecule has 0 aliphatic carbocycles. The summed E-state index contributed by atoms with van der Waals surface area (Å²) in [5.74, 6) is -0.392. The SMILES string of the molecule is Cc1cc(CNC(=O)C2CCCN(CC(N)=O)C2)n(C)n1. The van der Waals surface area contributed by atoms with E-state index in [2.05, 4.69) is 10.4 Å². The van der Waals surface area contributed by atoms with Gasteiger partial charge in [-0.1, -0.05) is 0 Å². The number of amides is 2. The number of carbonyl (C=O) groups excluding carboxylic acids is 2. The maximum atomic E-state index is 12.2. The maximum Gasteiger partial charge on any atom is 0.231 e. The van der Waals surface area contributed by atoms with Gasteiger partial charge in [0.05, 0.1) is 30.4 Å². The minimum Gasteiger partial charge on any atom is -0.369 e. The molecule has 0 aromatic carbocycles. The standard InChI is InChI=1S/C14H23N5O2/c1-10-6-12(18(2)17-10)7-16-14(21)11-4-3-5-19(8-11)9-13(15)20/h6,11H,3-5,7-9H2,1-2H3,(H2,15,20)(H,16,21). The van der Waals surface area contributed by atoms with E-state index in [-0.39, 0.29) is 24.3 Å². The topological polar surface area (TPSA) is 93.3 Å². The van der Waals surface area contributed by atoms with Crippen LogP contribution in [0, 0.1) is 12.8 Å². The van der Waals surface area contributed by atoms with E-state index in [4.69, 9.17) is 5.73 Å². The Morgan fingerprint density at radius 3 is 2.90 bits per heavy atom. The molecule has 2 rings (SSSR count). The van der Waals surface area contributed by atoms with E-state index in [0.717, 1.165) is 30.8 Å². The number of hydrogen-bond acceptors (Lipinski definition) is 4. The first-order chi connectivity index (χ1) is 9.95. The van der Waals surface area contributed by atoms with Gasteiger partial charge in [-0.3, -0.25) is 19.2 Å². The van der Waals surface area contributed by atoms with E-state index in [1.165, 1.54) is 0 Å². The van der Waals surface area contributed by atoms with E-state index in [1.54, 1.807) is 4.68 Å². The first kappa shape index (κ1) is 15.5. The molecule has 7 nitrogen and oxygen atoms in total. The lowest BCUT2D eigenvalue weighted by molar-refractivity contribution is -0.128. The Bertz CT molecular complexity index is 525. The fraction of sp³-hybridized carbons (Fsp3) is 0.643. The number of rotatable bonds is 5. The highest BCUT2D eigenvalue weighted by molar-refractivity contribution is 5.79. The lowest BCUT2D eigenvalue weighted by atomic mass is 9.97. The fourth-order valence-corrected chi connectivity index (χ4v) is 2.79. The zero-order valence-corrected chi connectivity index (χ0v) is 12.6. The van der Waals surface area contributed by atoms with Crippen LogP contribution in [0.15, 0.2) is 6.07 Å². The van der Waals surface area contributed by atoms with Crippen LogP contribution in [0.3, 0.4) is 0 Å². The summed E-state index contributed by atoms with van der Waals surface area (Å²) in [6, 6.07) is 1.96. The van der Waals surface area contributed by atoms with E-state index in [9.17, 15) is 9.59 Å². The summed E-state index contributed by atoms with van der Waals surface area (Å²) in [5.41, 5.74) is 7.12. The van der Waals surface area contributed by atoms with Gasteiger partial charge in [0.15, 0.2) is 0 Å². The number of primary amides is 1. The van der Waals surface area contributed by atoms with Gasteiger partial charge in [-0.15, -0.1) is 0 Å². The molecule has 1 aliphatic rings. The summed E-state index contributed by atoms with van der Waals surface area (Å²) in [7, 11) is 1.86. The average molecular weight is 293 g/mol. The van der Waals surface area contributed by atoms with Crippen LogP contribution in [-0.2, 0) is 23.2 Å². The first-order valence-electron chi connectivity index (χ1n) is 7.23. The zero-order chi connectivity index (χ0) is 15.4. The lowest BCUT2D eigenvalue weighted by Crippen LogP contribution is -2.45. The maximum absolute atomic E-state index is 12.2. The Hall–Kier alpha value is -1.89. The molecule has 0 bridgehead atoms. The first-order valence-corrected chi connectivity index (χ1v) is 7.23. The normalized spacial score (nSPS) is 19.4. The molecule has 116 valence electrons. The second kappa shape index (κ2) is 6.71. The molecule has 0 radical (unpaired) electrons. The minimum absolute atomic E-state index is 0.0306. The molecule has 1 atom stereocenters. The number of nitrogens with one attached hydrogen (secondary N) is 1. The van der Waals surface area contributed by atoms with Crippen molar-refractivity contribution in [2.24, 2.45) is 18.7 Å². The summed E-state index contributed by atoms with van der Waals surface area (Å²) in [6.07, 6.45) is 1.77. The lowest BCUT2D eigenvalue weighted by Gasteiger charge is -2.30. The molecule has 1 aromatic heterocycles. The van der Waals surface area contributed by atoms with Crippen molar-refractivity contribution >= 4 is 11.8 Å². The molecule has 2 heterocycles. The summed E-state index contributed by atoms with van der Waals surface area (Å²) < 4.78 is 1.77. The summed E-state index contributed by atoms with van der Waals surface area (Å²) in [6.45, 7) is 4.05. The highest BCUT2D eigenvalue weighted by atomic mass is 16.2. The zero-order valence-electron chi connectivity index (χ0n) is 12.6. The number of piperidine rings is 1. The Kier molecular flexibility index (Phi) is 4.95. The molecule has 0 saturated carbocycles. The molecule has 1 saturated heterocycles. The molecule has 21 heavy (non-hydrogen) atoms. The van der Waals surface area contributed by atoms with Gasteiger partial charge in [-0.05, 0) is 32.4 Å². The predicted molar refractivity (Wildman–Crippen MR) is 78.2 cm³/mol. The number of carbonyl (C=O) groups is 2. The number of likely N-dealkylation sites (tertiary alicyclic amines) is 1. The van der Waals surface area contributed by atoms with Gasteiger partial charge in [0.25, 0.3) is 0 Å². The Balaban J connectivity index is 1.85. The molecule has 1 fully saturated rings. The van der Waals surface area contributed by atoms with Crippen LogP contribution in [0.5, 0.6) is 0 Å². The summed E-state index contributed by atoms with van der Waals surface area (Å²) in [5, 5.41) is 7.21. The van der Waals surface area contributed by atoms with Gasteiger partial charge in [-0.25, -0.2) is 0 Å². The molecule has 7 heteroatoms. The van der Waals surface area contributed by atoms with E-state index in [0.29, 0.717) is 13.1 Å². The van der Waals surface area contributed by atoms with Gasteiger partial charge in [0.1, 0.15) is 0 Å². The van der Waals surface area contributed by atoms with E-state index in [1.807, 2.05) is 24.9 Å². The van der Waals surface area contributed by atoms with Gasteiger partial charge < -0.3 is 11.1 Å². The van der Waals surface area contributed by atoms with Crippen molar-refractivity contribution < 1.29 is 9.59 Å². The van der Waals surface area contributed by atoms with Gasteiger partial charge >= 0.3 is 0 Å². The highest BCUT2D eigenvalue weighted by Crippen LogP contribution is 2.16.